The Bertz CT molecular complexity index is 1320. The van der Waals surface area contributed by atoms with Crippen LogP contribution >= 0.6 is 0 Å². The maximum Gasteiger partial charge on any atom is 0.327 e. The molecule has 35 heavy (non-hydrogen) atoms. The summed E-state index contributed by atoms with van der Waals surface area (Å²) in [5, 5.41) is 8.75. The maximum atomic E-state index is 12.5. The van der Waals surface area contributed by atoms with E-state index in [4.69, 9.17) is 15.6 Å². The molecule has 0 atom stereocenters. The van der Waals surface area contributed by atoms with Crippen molar-refractivity contribution < 1.29 is 23.1 Å². The van der Waals surface area contributed by atoms with E-state index in [0.717, 1.165) is 18.4 Å². The number of aliphatic carboxylic acids is 1. The van der Waals surface area contributed by atoms with E-state index in [0.29, 0.717) is 43.6 Å². The predicted molar refractivity (Wildman–Crippen MR) is 130 cm³/mol. The van der Waals surface area contributed by atoms with Gasteiger partial charge in [-0.25, -0.2) is 17.9 Å². The molecular weight excluding hydrogens is 476 g/mol. The summed E-state index contributed by atoms with van der Waals surface area (Å²) in [5.41, 5.74) is 7.00. The minimum Gasteiger partial charge on any atom is -0.481 e. The number of anilines is 1. The van der Waals surface area contributed by atoms with Crippen molar-refractivity contribution >= 4 is 33.0 Å². The van der Waals surface area contributed by atoms with Crippen LogP contribution in [0.25, 0.3) is 11.2 Å². The number of ether oxygens (including phenoxy) is 1. The molecule has 0 aliphatic rings. The van der Waals surface area contributed by atoms with Gasteiger partial charge in [0.25, 0.3) is 0 Å². The highest BCUT2D eigenvalue weighted by Gasteiger charge is 2.16. The standard InChI is InChI=1S/C22H30N6O6S/c1-2-3-14-34-21-26-19(23)18-20(27-21)28(22(31)25-18)13-5-4-12-24-35(32,33)16-9-6-15(7-10-16)8-11-17(29)30/h6-7,9-10,24H,2-5,8,11-14H2,1H3,(H,25,31)(H,29,30)(H2,23,26,27). The number of H-pyrrole nitrogens is 1. The lowest BCUT2D eigenvalue weighted by Gasteiger charge is -2.08. The third-order valence-corrected chi connectivity index (χ3v) is 6.80. The van der Waals surface area contributed by atoms with Crippen LogP contribution in [0, 0.1) is 0 Å². The van der Waals surface area contributed by atoms with Gasteiger partial charge in [0.05, 0.1) is 11.5 Å². The topological polar surface area (TPSA) is 182 Å². The number of benzene rings is 1. The number of nitrogens with zero attached hydrogens (tertiary/aromatic N) is 3. The lowest BCUT2D eigenvalue weighted by atomic mass is 10.1. The number of unbranched alkanes of at least 4 members (excludes halogenated alkanes) is 2. The quantitative estimate of drug-likeness (QED) is 0.236. The average Bonchev–Trinajstić information content (AvgIpc) is 3.13. The van der Waals surface area contributed by atoms with E-state index in [2.05, 4.69) is 19.7 Å². The molecule has 0 saturated heterocycles. The Balaban J connectivity index is 1.55. The molecule has 12 nitrogen and oxygen atoms in total. The number of fused-ring (bicyclic) bond motifs is 1. The van der Waals surface area contributed by atoms with Gasteiger partial charge in [0.2, 0.25) is 10.0 Å². The summed E-state index contributed by atoms with van der Waals surface area (Å²) >= 11 is 0. The largest absolute Gasteiger partial charge is 0.481 e. The Morgan fingerprint density at radius 2 is 1.94 bits per heavy atom. The van der Waals surface area contributed by atoms with E-state index in [-0.39, 0.29) is 35.4 Å². The monoisotopic (exact) mass is 506 g/mol. The minimum absolute atomic E-state index is 0.0182. The Kier molecular flexibility index (Phi) is 8.82. The molecular formula is C22H30N6O6S. The van der Waals surface area contributed by atoms with Crippen LogP contribution in [-0.4, -0.2) is 52.2 Å². The minimum atomic E-state index is -3.70. The molecule has 0 unspecified atom stereocenters. The van der Waals surface area contributed by atoms with Crippen LogP contribution in [-0.2, 0) is 27.8 Å². The molecule has 0 aliphatic heterocycles. The van der Waals surface area contributed by atoms with Crippen molar-refractivity contribution in [1.29, 1.82) is 0 Å². The Labute approximate surface area is 202 Å². The van der Waals surface area contributed by atoms with E-state index in [9.17, 15) is 18.0 Å². The molecule has 3 aromatic rings. The van der Waals surface area contributed by atoms with Crippen molar-refractivity contribution in [3.8, 4) is 6.01 Å². The van der Waals surface area contributed by atoms with Crippen LogP contribution in [0.15, 0.2) is 34.0 Å². The number of aryl methyl sites for hydroxylation is 2. The van der Waals surface area contributed by atoms with E-state index >= 15 is 0 Å². The van der Waals surface area contributed by atoms with Gasteiger partial charge in [-0.1, -0.05) is 25.5 Å². The first-order valence-electron chi connectivity index (χ1n) is 11.4. The molecule has 190 valence electrons. The van der Waals surface area contributed by atoms with Gasteiger partial charge in [0, 0.05) is 19.5 Å². The number of aromatic nitrogens is 4. The van der Waals surface area contributed by atoms with Gasteiger partial charge in [-0.05, 0) is 43.4 Å². The lowest BCUT2D eigenvalue weighted by Crippen LogP contribution is -2.25. The normalized spacial score (nSPS) is 11.7. The number of imidazole rings is 1. The number of nitrogens with one attached hydrogen (secondary N) is 2. The van der Waals surface area contributed by atoms with Gasteiger partial charge >= 0.3 is 17.7 Å². The van der Waals surface area contributed by atoms with Crippen molar-refractivity contribution in [1.82, 2.24) is 24.2 Å². The third-order valence-electron chi connectivity index (χ3n) is 5.32. The predicted octanol–water partition coefficient (Wildman–Crippen LogP) is 1.66. The molecule has 2 heterocycles. The molecule has 2 aromatic heterocycles. The highest BCUT2D eigenvalue weighted by molar-refractivity contribution is 7.89. The number of carboxylic acid groups (broad SMARTS) is 1. The van der Waals surface area contributed by atoms with Gasteiger partial charge in [0.1, 0.15) is 5.52 Å². The van der Waals surface area contributed by atoms with Gasteiger partial charge in [0.15, 0.2) is 11.5 Å². The van der Waals surface area contributed by atoms with Crippen molar-refractivity contribution in [2.75, 3.05) is 18.9 Å². The van der Waals surface area contributed by atoms with Crippen LogP contribution in [0.1, 0.15) is 44.6 Å². The number of sulfonamides is 1. The van der Waals surface area contributed by atoms with E-state index in [1.807, 2.05) is 6.92 Å². The van der Waals surface area contributed by atoms with Crippen molar-refractivity contribution in [2.45, 2.75) is 56.9 Å². The van der Waals surface area contributed by atoms with Gasteiger partial charge < -0.3 is 20.6 Å². The number of hydrogen-bond acceptors (Lipinski definition) is 8. The van der Waals surface area contributed by atoms with E-state index in [1.54, 1.807) is 12.1 Å². The summed E-state index contributed by atoms with van der Waals surface area (Å²) in [5.74, 6) is -0.783. The van der Waals surface area contributed by atoms with Crippen molar-refractivity contribution in [2.24, 2.45) is 0 Å². The SMILES string of the molecule is CCCCOc1nc(N)c2[nH]c(=O)n(CCCCNS(=O)(=O)c3ccc(CCC(=O)O)cc3)c2n1. The molecule has 13 heteroatoms. The molecule has 0 bridgehead atoms. The zero-order chi connectivity index (χ0) is 25.4. The van der Waals surface area contributed by atoms with Gasteiger partial charge in [-0.2, -0.15) is 9.97 Å². The first kappa shape index (κ1) is 26.2. The van der Waals surface area contributed by atoms with Crippen LogP contribution in [0.5, 0.6) is 6.01 Å². The highest BCUT2D eigenvalue weighted by atomic mass is 32.2. The molecule has 0 fully saturated rings. The number of nitrogen functional groups attached to an aromatic ring is 1. The van der Waals surface area contributed by atoms with Gasteiger partial charge in [-0.15, -0.1) is 0 Å². The van der Waals surface area contributed by atoms with Crippen molar-refractivity contribution in [3.05, 3.63) is 40.3 Å². The second kappa shape index (κ2) is 11.8. The summed E-state index contributed by atoms with van der Waals surface area (Å²) in [7, 11) is -3.70. The Hall–Kier alpha value is -3.45. The molecule has 5 N–H and O–H groups in total. The molecule has 0 amide bonds. The van der Waals surface area contributed by atoms with Crippen LogP contribution < -0.4 is 20.9 Å². The Morgan fingerprint density at radius 3 is 2.63 bits per heavy atom. The summed E-state index contributed by atoms with van der Waals surface area (Å²) in [4.78, 5) is 34.2. The average molecular weight is 507 g/mol. The molecule has 0 radical (unpaired) electrons. The van der Waals surface area contributed by atoms with E-state index in [1.165, 1.54) is 16.7 Å². The number of rotatable bonds is 14. The summed E-state index contributed by atoms with van der Waals surface area (Å²) in [6, 6.07) is 6.23. The molecule has 0 aliphatic carbocycles. The summed E-state index contributed by atoms with van der Waals surface area (Å²) in [6.07, 6.45) is 3.10. The molecule has 0 spiro atoms. The van der Waals surface area contributed by atoms with Crippen molar-refractivity contribution in [3.63, 3.8) is 0 Å². The van der Waals surface area contributed by atoms with Crippen LogP contribution in [0.4, 0.5) is 5.82 Å². The highest BCUT2D eigenvalue weighted by Crippen LogP contribution is 2.18. The number of carbonyl (C=O) groups is 1. The first-order valence-corrected chi connectivity index (χ1v) is 12.9. The number of hydrogen-bond donors (Lipinski definition) is 4. The second-order valence-corrected chi connectivity index (χ2v) is 9.78. The maximum absolute atomic E-state index is 12.5. The number of carboxylic acids is 1. The lowest BCUT2D eigenvalue weighted by molar-refractivity contribution is -0.136. The molecule has 0 saturated carbocycles. The fraction of sp³-hybridized carbons (Fsp3) is 0.455. The van der Waals surface area contributed by atoms with E-state index < -0.39 is 16.0 Å². The fourth-order valence-electron chi connectivity index (χ4n) is 3.38. The number of nitrogens with two attached hydrogens (primary N) is 1. The number of aromatic amines is 1. The summed E-state index contributed by atoms with van der Waals surface area (Å²) < 4.78 is 34.5. The molecule has 3 rings (SSSR count). The van der Waals surface area contributed by atoms with Crippen LogP contribution in [0.2, 0.25) is 0 Å². The smallest absolute Gasteiger partial charge is 0.327 e. The first-order chi connectivity index (χ1) is 16.7. The third kappa shape index (κ3) is 7.02. The second-order valence-electron chi connectivity index (χ2n) is 8.02. The van der Waals surface area contributed by atoms with Gasteiger partial charge in [-0.3, -0.25) is 9.36 Å². The zero-order valence-corrected chi connectivity index (χ0v) is 20.3. The van der Waals surface area contributed by atoms with Crippen LogP contribution in [0.3, 0.4) is 0 Å². The molecule has 1 aromatic carbocycles. The fourth-order valence-corrected chi connectivity index (χ4v) is 4.46. The zero-order valence-electron chi connectivity index (χ0n) is 19.5. The Morgan fingerprint density at radius 1 is 1.20 bits per heavy atom. The summed E-state index contributed by atoms with van der Waals surface area (Å²) in [6.45, 7) is 2.97.